The van der Waals surface area contributed by atoms with Gasteiger partial charge < -0.3 is 20.1 Å². The van der Waals surface area contributed by atoms with Gasteiger partial charge in [0.15, 0.2) is 20.2 Å². The summed E-state index contributed by atoms with van der Waals surface area (Å²) < 4.78 is 118. The van der Waals surface area contributed by atoms with Gasteiger partial charge in [0.1, 0.15) is 0 Å². The van der Waals surface area contributed by atoms with Crippen LogP contribution in [0.25, 0.3) is 0 Å². The van der Waals surface area contributed by atoms with E-state index in [1.54, 1.807) is 0 Å². The van der Waals surface area contributed by atoms with Crippen LogP contribution in [0.1, 0.15) is 81.1 Å². The van der Waals surface area contributed by atoms with Gasteiger partial charge in [-0.25, -0.2) is 16.8 Å². The Balaban J connectivity index is -0.000000853. The van der Waals surface area contributed by atoms with Crippen LogP contribution in [0.2, 0.25) is 0 Å². The molecule has 0 amide bonds. The normalized spacial score (nSPS) is 23.7. The molecule has 3 rings (SSSR count). The predicted octanol–water partition coefficient (Wildman–Crippen LogP) is 6.04. The Kier molecular flexibility index (Phi) is 22.1. The summed E-state index contributed by atoms with van der Waals surface area (Å²) in [6, 6.07) is 9.86. The third kappa shape index (κ3) is 14.3. The fourth-order valence-electron chi connectivity index (χ4n) is 5.96. The van der Waals surface area contributed by atoms with Gasteiger partial charge in [-0.2, -0.15) is 26.3 Å². The number of alkyl halides is 6. The fraction of sp³-hybridized carbons (Fsp3) is 0.786. The van der Waals surface area contributed by atoms with Crippen molar-refractivity contribution < 1.29 is 83.7 Å². The first-order chi connectivity index (χ1) is 19.7. The van der Waals surface area contributed by atoms with Crippen molar-refractivity contribution in [3.63, 3.8) is 0 Å². The molecular formula is C28H48F6O8P2PdS2. The van der Waals surface area contributed by atoms with Crippen LogP contribution in [0.3, 0.4) is 0 Å². The summed E-state index contributed by atoms with van der Waals surface area (Å²) >= 11 is 0. The van der Waals surface area contributed by atoms with Gasteiger partial charge in [0.25, 0.3) is 0 Å². The molecule has 0 aliphatic carbocycles. The Morgan fingerprint density at radius 3 is 0.872 bits per heavy atom. The van der Waals surface area contributed by atoms with Crippen molar-refractivity contribution in [1.29, 1.82) is 0 Å². The van der Waals surface area contributed by atoms with E-state index in [0.717, 1.165) is 46.3 Å². The summed E-state index contributed by atoms with van der Waals surface area (Å²) in [5.74, 6) is 3.28. The van der Waals surface area contributed by atoms with E-state index in [4.69, 9.17) is 25.9 Å². The topological polar surface area (TPSA) is 177 Å². The van der Waals surface area contributed by atoms with Crippen LogP contribution in [0.5, 0.6) is 0 Å². The van der Waals surface area contributed by atoms with Crippen molar-refractivity contribution in [3.05, 3.63) is 24.3 Å². The van der Waals surface area contributed by atoms with Gasteiger partial charge >= 0.3 is 31.4 Å². The molecule has 0 aromatic heterocycles. The van der Waals surface area contributed by atoms with E-state index < -0.39 is 31.3 Å². The van der Waals surface area contributed by atoms with Gasteiger partial charge in [-0.05, 0) is 82.6 Å². The first-order valence-electron chi connectivity index (χ1n) is 14.4. The molecule has 19 heteroatoms. The maximum atomic E-state index is 10.7. The van der Waals surface area contributed by atoms with E-state index >= 15 is 0 Å². The summed E-state index contributed by atoms with van der Waals surface area (Å²) in [6.45, 7) is 19.9. The Morgan fingerprint density at radius 2 is 0.745 bits per heavy atom. The second kappa shape index (κ2) is 20.2. The van der Waals surface area contributed by atoms with Crippen molar-refractivity contribution in [2.75, 3.05) is 0 Å². The molecule has 2 aliphatic rings. The monoisotopic (exact) mass is 858 g/mol. The molecule has 4 N–H and O–H groups in total. The van der Waals surface area contributed by atoms with E-state index in [0.29, 0.717) is 0 Å². The minimum Gasteiger partial charge on any atom is -0.741 e. The van der Waals surface area contributed by atoms with E-state index in [1.165, 1.54) is 25.7 Å². The number of rotatable bonds is 6. The molecular weight excluding hydrogens is 811 g/mol. The molecule has 8 nitrogen and oxygen atoms in total. The predicted molar refractivity (Wildman–Crippen MR) is 171 cm³/mol. The zero-order valence-corrected chi connectivity index (χ0v) is 32.5. The summed E-state index contributed by atoms with van der Waals surface area (Å²) in [6.07, 6.45) is 5.83. The molecule has 1 aromatic rings. The second-order valence-electron chi connectivity index (χ2n) is 12.5. The van der Waals surface area contributed by atoms with Crippen molar-refractivity contribution in [2.45, 2.75) is 115 Å². The van der Waals surface area contributed by atoms with Crippen molar-refractivity contribution >= 4 is 46.7 Å². The molecule has 2 saturated heterocycles. The number of hydrogen-bond donors (Lipinski definition) is 0. The van der Waals surface area contributed by atoms with Crippen LogP contribution in [-0.2, 0) is 40.7 Å². The molecule has 0 bridgehead atoms. The van der Waals surface area contributed by atoms with Crippen LogP contribution >= 0.6 is 15.8 Å². The maximum absolute atomic E-state index is 10.7. The molecule has 2 fully saturated rings. The van der Waals surface area contributed by atoms with Crippen molar-refractivity contribution in [2.24, 2.45) is 23.7 Å². The van der Waals surface area contributed by atoms with Crippen molar-refractivity contribution in [3.8, 4) is 0 Å². The van der Waals surface area contributed by atoms with Crippen LogP contribution in [0, 0.1) is 23.7 Å². The third-order valence-electron chi connectivity index (χ3n) is 8.03. The Labute approximate surface area is 291 Å². The van der Waals surface area contributed by atoms with Gasteiger partial charge in [0.05, 0.1) is 0 Å². The SMILES string of the molecule is CC(C)[C@H]1CC[C@@H](C(C)C)P1c1ccccc1P1[C@H](C(C)C)CC[C@H]1C(C)C.O.O.O=S(=O)([O-])C(F)(F)F.O=S(=O)([O-])C(F)(F)F.[Pd+2]. The quantitative estimate of drug-likeness (QED) is 0.111. The summed E-state index contributed by atoms with van der Waals surface area (Å²) in [4.78, 5) is 0. The van der Waals surface area contributed by atoms with Crippen LogP contribution in [-0.4, -0.2) is 70.5 Å². The Hall–Kier alpha value is 0.0623. The summed E-state index contributed by atoms with van der Waals surface area (Å²) in [5.41, 5.74) is -7.58. The average Bonchev–Trinajstić information content (AvgIpc) is 3.48. The molecule has 0 saturated carbocycles. The molecule has 1 unspecified atom stereocenters. The average molecular weight is 859 g/mol. The number of halogens is 6. The first kappa shape index (κ1) is 51.4. The summed E-state index contributed by atoms with van der Waals surface area (Å²) in [7, 11) is -12.3. The number of hydrogen-bond acceptors (Lipinski definition) is 6. The van der Waals surface area contributed by atoms with E-state index in [2.05, 4.69) is 79.7 Å². The molecule has 2 aliphatic heterocycles. The summed E-state index contributed by atoms with van der Waals surface area (Å²) in [5, 5.41) is 3.66. The first-order valence-corrected chi connectivity index (χ1v) is 20.2. The fourth-order valence-corrected chi connectivity index (χ4v) is 14.5. The van der Waals surface area contributed by atoms with Crippen LogP contribution < -0.4 is 10.6 Å². The number of benzene rings is 1. The Morgan fingerprint density at radius 1 is 0.574 bits per heavy atom. The zero-order chi connectivity index (χ0) is 34.6. The largest absolute Gasteiger partial charge is 2.00 e. The van der Waals surface area contributed by atoms with Crippen molar-refractivity contribution in [1.82, 2.24) is 0 Å². The van der Waals surface area contributed by atoms with Gasteiger partial charge in [-0.3, -0.25) is 0 Å². The van der Waals surface area contributed by atoms with Gasteiger partial charge in [-0.15, -0.1) is 0 Å². The van der Waals surface area contributed by atoms with Gasteiger partial charge in [0.2, 0.25) is 0 Å². The van der Waals surface area contributed by atoms with Gasteiger partial charge in [-0.1, -0.05) is 95.5 Å². The maximum Gasteiger partial charge on any atom is 2.00 e. The minimum absolute atomic E-state index is 0. The molecule has 47 heavy (non-hydrogen) atoms. The van der Waals surface area contributed by atoms with Crippen LogP contribution in [0.4, 0.5) is 26.3 Å². The molecule has 1 aromatic carbocycles. The van der Waals surface area contributed by atoms with E-state index in [1.807, 2.05) is 10.6 Å². The Bertz CT molecular complexity index is 1150. The molecule has 0 radical (unpaired) electrons. The minimum atomic E-state index is -6.09. The molecule has 0 spiro atoms. The zero-order valence-electron chi connectivity index (χ0n) is 27.5. The third-order valence-corrected chi connectivity index (χ3v) is 17.5. The molecule has 2 heterocycles. The standard InChI is InChI=1S/C26H44P2.2CHF3O3S.2H2O.Pd/c1-17(2)21-13-14-22(18(3)4)27(21)25-11-9-10-12-26(25)28-23(19(5)6)15-16-24(28)20(7)8;2*2-1(3,4)8(5,6)7;;;/h9-12,17-24H,13-16H2,1-8H3;2*(H,5,6,7);2*1H2;/q;;;;;+2/p-2/t21-,22-,23-,24+,28?;;;;;/m0...../s1. The molecule has 5 atom stereocenters. The van der Waals surface area contributed by atoms with Crippen LogP contribution in [0.15, 0.2) is 24.3 Å². The second-order valence-corrected chi connectivity index (χ2v) is 20.5. The smallest absolute Gasteiger partial charge is 0.741 e. The van der Waals surface area contributed by atoms with Gasteiger partial charge in [0, 0.05) is 0 Å². The van der Waals surface area contributed by atoms with E-state index in [-0.39, 0.29) is 47.2 Å². The van der Waals surface area contributed by atoms with E-state index in [9.17, 15) is 26.3 Å². The molecule has 282 valence electrons.